The van der Waals surface area contributed by atoms with E-state index >= 15 is 0 Å². The Morgan fingerprint density at radius 2 is 1.17 bits per heavy atom. The van der Waals surface area contributed by atoms with Crippen molar-refractivity contribution in [2.45, 2.75) is 98.7 Å². The van der Waals surface area contributed by atoms with Gasteiger partial charge in [-0.25, -0.2) is 0 Å². The molecule has 0 saturated heterocycles. The molecule has 24 heavy (non-hydrogen) atoms. The Kier molecular flexibility index (Phi) is 13.3. The molecule has 0 aromatic heterocycles. The van der Waals surface area contributed by atoms with Gasteiger partial charge in [0, 0.05) is 6.61 Å². The van der Waals surface area contributed by atoms with Gasteiger partial charge in [-0.1, -0.05) is 55.7 Å². The van der Waals surface area contributed by atoms with Crippen molar-refractivity contribution in [3.8, 4) is 0 Å². The average Bonchev–Trinajstić information content (AvgIpc) is 2.55. The molecule has 140 valence electrons. The Hall–Kier alpha value is -0.603. The Bertz CT molecular complexity index is 401. The van der Waals surface area contributed by atoms with Crippen LogP contribution in [0.3, 0.4) is 0 Å². The van der Waals surface area contributed by atoms with Gasteiger partial charge in [0.25, 0.3) is 0 Å². The van der Waals surface area contributed by atoms with E-state index in [4.69, 9.17) is 4.43 Å². The van der Waals surface area contributed by atoms with E-state index in [1.54, 1.807) is 0 Å². The van der Waals surface area contributed by atoms with Crippen LogP contribution in [0.5, 0.6) is 0 Å². The van der Waals surface area contributed by atoms with Crippen LogP contribution >= 0.6 is 0 Å². The minimum Gasteiger partial charge on any atom is -0.417 e. The second-order valence-corrected chi connectivity index (χ2v) is 12.1. The molecule has 0 fully saturated rings. The first-order chi connectivity index (χ1) is 11.4. The van der Waals surface area contributed by atoms with Crippen molar-refractivity contribution in [1.29, 1.82) is 0 Å². The Morgan fingerprint density at radius 1 is 0.708 bits per heavy atom. The third-order valence-corrected chi connectivity index (χ3v) is 9.76. The van der Waals surface area contributed by atoms with E-state index in [9.17, 15) is 0 Å². The van der Waals surface area contributed by atoms with Crippen LogP contribution in [0.25, 0.3) is 0 Å². The Morgan fingerprint density at radius 3 is 1.62 bits per heavy atom. The van der Waals surface area contributed by atoms with Crippen LogP contribution in [0.2, 0.25) is 18.1 Å². The van der Waals surface area contributed by atoms with Crippen molar-refractivity contribution in [3.05, 3.63) is 34.9 Å². The molecule has 0 bridgehead atoms. The molecule has 0 aliphatic carbocycles. The van der Waals surface area contributed by atoms with Gasteiger partial charge in [0.2, 0.25) is 0 Å². The highest BCUT2D eigenvalue weighted by molar-refractivity contribution is 6.73. The molecule has 0 aromatic carbocycles. The summed E-state index contributed by atoms with van der Waals surface area (Å²) >= 11 is 0. The van der Waals surface area contributed by atoms with Gasteiger partial charge in [-0.3, -0.25) is 0 Å². The molecule has 1 nitrogen and oxygen atoms in total. The highest BCUT2D eigenvalue weighted by Crippen LogP contribution is 2.22. The van der Waals surface area contributed by atoms with Gasteiger partial charge < -0.3 is 4.43 Å². The number of hydrogen-bond acceptors (Lipinski definition) is 1. The molecule has 0 N–H and O–H groups in total. The zero-order valence-electron chi connectivity index (χ0n) is 17.5. The smallest absolute Gasteiger partial charge is 0.191 e. The number of rotatable bonds is 13. The lowest BCUT2D eigenvalue weighted by Crippen LogP contribution is -2.35. The van der Waals surface area contributed by atoms with Crippen molar-refractivity contribution in [1.82, 2.24) is 0 Å². The summed E-state index contributed by atoms with van der Waals surface area (Å²) < 4.78 is 6.31. The van der Waals surface area contributed by atoms with Gasteiger partial charge in [-0.15, -0.1) is 0 Å². The lowest BCUT2D eigenvalue weighted by Gasteiger charge is -2.27. The first-order valence-corrected chi connectivity index (χ1v) is 12.5. The molecule has 0 unspecified atom stereocenters. The summed E-state index contributed by atoms with van der Waals surface area (Å²) in [4.78, 5) is 0. The van der Waals surface area contributed by atoms with E-state index in [0.29, 0.717) is 0 Å². The summed E-state index contributed by atoms with van der Waals surface area (Å²) in [6, 6.07) is 3.75. The van der Waals surface area contributed by atoms with Crippen molar-refractivity contribution < 1.29 is 4.43 Å². The van der Waals surface area contributed by atoms with Gasteiger partial charge >= 0.3 is 0 Å². The first-order valence-electron chi connectivity index (χ1n) is 9.97. The second-order valence-electron chi connectivity index (χ2n) is 7.34. The highest BCUT2D eigenvalue weighted by atomic mass is 28.4. The van der Waals surface area contributed by atoms with E-state index in [1.165, 1.54) is 60.5 Å². The fraction of sp³-hybridized carbons (Fsp3) is 0.727. The van der Waals surface area contributed by atoms with Crippen LogP contribution in [0.15, 0.2) is 34.9 Å². The van der Waals surface area contributed by atoms with E-state index in [1.807, 2.05) is 0 Å². The maximum atomic E-state index is 6.31. The second kappa shape index (κ2) is 13.7. The maximum Gasteiger partial charge on any atom is 0.191 e. The maximum absolute atomic E-state index is 6.31. The standard InChI is InChI=1S/C22H42OSi/c1-8-24(9-2,10-3)23-19-13-18-22(7)17-12-16-21(6)15-11-14-20(4)5/h14,16,18H,8-13,15,17,19H2,1-7H3/b21-16+,22-18+. The summed E-state index contributed by atoms with van der Waals surface area (Å²) in [5.41, 5.74) is 4.45. The zero-order chi connectivity index (χ0) is 18.4. The van der Waals surface area contributed by atoms with Crippen LogP contribution in [0.1, 0.15) is 80.6 Å². The molecule has 0 aliphatic rings. The van der Waals surface area contributed by atoms with Crippen molar-refractivity contribution in [2.24, 2.45) is 0 Å². The molecule has 0 amide bonds. The molecular weight excluding hydrogens is 308 g/mol. The van der Waals surface area contributed by atoms with Gasteiger partial charge in [0.05, 0.1) is 0 Å². The molecule has 0 radical (unpaired) electrons. The largest absolute Gasteiger partial charge is 0.417 e. The number of hydrogen-bond donors (Lipinski definition) is 0. The molecule has 0 saturated carbocycles. The molecular formula is C22H42OSi. The topological polar surface area (TPSA) is 9.23 Å². The molecule has 0 spiro atoms. The molecule has 0 aliphatic heterocycles. The van der Waals surface area contributed by atoms with Crippen LogP contribution in [-0.2, 0) is 4.43 Å². The minimum atomic E-state index is -1.39. The SMILES string of the molecule is CC[Si](CC)(CC)OCC/C=C(\C)CC/C=C(\C)CCC=C(C)C. The normalized spacial score (nSPS) is 13.3. The molecule has 0 heterocycles. The molecule has 0 rings (SSSR count). The summed E-state index contributed by atoms with van der Waals surface area (Å²) in [6.07, 6.45) is 12.9. The first kappa shape index (κ1) is 23.4. The summed E-state index contributed by atoms with van der Waals surface area (Å²) in [5.74, 6) is 0. The van der Waals surface area contributed by atoms with E-state index in [-0.39, 0.29) is 0 Å². The molecule has 0 aromatic rings. The van der Waals surface area contributed by atoms with E-state index in [2.05, 4.69) is 66.7 Å². The van der Waals surface area contributed by atoms with Crippen LogP contribution < -0.4 is 0 Å². The average molecular weight is 351 g/mol. The molecule has 0 atom stereocenters. The van der Waals surface area contributed by atoms with Crippen LogP contribution in [0.4, 0.5) is 0 Å². The van der Waals surface area contributed by atoms with Crippen molar-refractivity contribution in [2.75, 3.05) is 6.61 Å². The van der Waals surface area contributed by atoms with Gasteiger partial charge in [-0.05, 0) is 77.9 Å². The van der Waals surface area contributed by atoms with E-state index in [0.717, 1.165) is 13.0 Å². The Balaban J connectivity index is 4.05. The lowest BCUT2D eigenvalue weighted by atomic mass is 10.1. The predicted molar refractivity (Wildman–Crippen MR) is 113 cm³/mol. The fourth-order valence-electron chi connectivity index (χ4n) is 2.98. The minimum absolute atomic E-state index is 0.913. The predicted octanol–water partition coefficient (Wildman–Crippen LogP) is 7.82. The number of allylic oxidation sites excluding steroid dienone is 5. The third-order valence-electron chi connectivity index (χ3n) is 5.07. The van der Waals surface area contributed by atoms with E-state index < -0.39 is 8.32 Å². The quantitative estimate of drug-likeness (QED) is 0.187. The van der Waals surface area contributed by atoms with Crippen molar-refractivity contribution in [3.63, 3.8) is 0 Å². The fourth-order valence-corrected chi connectivity index (χ4v) is 5.64. The van der Waals surface area contributed by atoms with Gasteiger partial charge in [0.1, 0.15) is 0 Å². The van der Waals surface area contributed by atoms with Gasteiger partial charge in [0.15, 0.2) is 8.32 Å². The monoisotopic (exact) mass is 350 g/mol. The summed E-state index contributed by atoms with van der Waals surface area (Å²) in [6.45, 7) is 16.7. The third kappa shape index (κ3) is 11.0. The van der Waals surface area contributed by atoms with Crippen LogP contribution in [0, 0.1) is 0 Å². The lowest BCUT2D eigenvalue weighted by molar-refractivity contribution is 0.306. The zero-order valence-corrected chi connectivity index (χ0v) is 18.5. The summed E-state index contributed by atoms with van der Waals surface area (Å²) in [7, 11) is -1.39. The Labute approximate surface area is 153 Å². The summed E-state index contributed by atoms with van der Waals surface area (Å²) in [5, 5.41) is 0. The van der Waals surface area contributed by atoms with Gasteiger partial charge in [-0.2, -0.15) is 0 Å². The van der Waals surface area contributed by atoms with Crippen LogP contribution in [-0.4, -0.2) is 14.9 Å². The highest BCUT2D eigenvalue weighted by Gasteiger charge is 2.27. The molecule has 2 heteroatoms. The van der Waals surface area contributed by atoms with Crippen molar-refractivity contribution >= 4 is 8.32 Å².